The molecule has 0 aliphatic carbocycles. The summed E-state index contributed by atoms with van der Waals surface area (Å²) in [5.41, 5.74) is 0.787. The number of nitrogens with zero attached hydrogens (tertiary/aromatic N) is 3. The van der Waals surface area contributed by atoms with E-state index in [1.54, 1.807) is 31.3 Å². The fourth-order valence-electron chi connectivity index (χ4n) is 1.87. The third kappa shape index (κ3) is 3.71. The summed E-state index contributed by atoms with van der Waals surface area (Å²) in [6, 6.07) is 8.44. The predicted molar refractivity (Wildman–Crippen MR) is 81.6 cm³/mol. The van der Waals surface area contributed by atoms with Crippen LogP contribution in [0.5, 0.6) is 0 Å². The molecule has 1 heterocycles. The number of anilines is 1. The second kappa shape index (κ2) is 6.87. The zero-order valence-electron chi connectivity index (χ0n) is 11.8. The largest absolute Gasteiger partial charge is 0.310 e. The molecule has 1 amide bonds. The lowest BCUT2D eigenvalue weighted by molar-refractivity contribution is -0.116. The van der Waals surface area contributed by atoms with Crippen molar-refractivity contribution < 1.29 is 9.59 Å². The number of aromatic nitrogens is 2. The van der Waals surface area contributed by atoms with Gasteiger partial charge in [-0.15, -0.1) is 0 Å². The van der Waals surface area contributed by atoms with Crippen LogP contribution in [0.25, 0.3) is 0 Å². The van der Waals surface area contributed by atoms with Crippen LogP contribution in [0, 0.1) is 11.3 Å². The second-order valence-electron chi connectivity index (χ2n) is 4.62. The number of carbonyl (C=O) groups excluding carboxylic acids is 2. The monoisotopic (exact) mass is 316 g/mol. The smallest absolute Gasteiger partial charge is 0.226 e. The first kappa shape index (κ1) is 15.7. The van der Waals surface area contributed by atoms with E-state index in [1.165, 1.54) is 10.9 Å². The Bertz CT molecular complexity index is 744. The first-order chi connectivity index (χ1) is 10.5. The number of hydrogen-bond donors (Lipinski definition) is 1. The van der Waals surface area contributed by atoms with Crippen LogP contribution in [-0.2, 0) is 11.8 Å². The summed E-state index contributed by atoms with van der Waals surface area (Å²) in [6.45, 7) is 0. The van der Waals surface area contributed by atoms with E-state index >= 15 is 0 Å². The molecule has 2 aromatic rings. The first-order valence-corrected chi connectivity index (χ1v) is 6.89. The fourth-order valence-corrected chi connectivity index (χ4v) is 2.00. The lowest BCUT2D eigenvalue weighted by Gasteiger charge is -2.06. The van der Waals surface area contributed by atoms with E-state index in [9.17, 15) is 9.59 Å². The van der Waals surface area contributed by atoms with Crippen LogP contribution in [0.3, 0.4) is 0 Å². The van der Waals surface area contributed by atoms with Crippen LogP contribution in [0.1, 0.15) is 28.8 Å². The lowest BCUT2D eigenvalue weighted by atomic mass is 10.1. The molecule has 6 nitrogen and oxygen atoms in total. The van der Waals surface area contributed by atoms with Crippen molar-refractivity contribution in [1.29, 1.82) is 5.26 Å². The quantitative estimate of drug-likeness (QED) is 0.859. The van der Waals surface area contributed by atoms with E-state index in [0.717, 1.165) is 0 Å². The third-order valence-electron chi connectivity index (χ3n) is 3.06. The molecule has 0 aliphatic heterocycles. The maximum absolute atomic E-state index is 12.0. The number of carbonyl (C=O) groups is 2. The molecule has 0 bridgehead atoms. The number of amides is 1. The van der Waals surface area contributed by atoms with Gasteiger partial charge in [-0.1, -0.05) is 11.6 Å². The Balaban J connectivity index is 1.93. The Kier molecular flexibility index (Phi) is 4.92. The highest BCUT2D eigenvalue weighted by Gasteiger charge is 2.13. The summed E-state index contributed by atoms with van der Waals surface area (Å²) in [5, 5.41) is 15.9. The molecule has 22 heavy (non-hydrogen) atoms. The molecule has 0 saturated carbocycles. The van der Waals surface area contributed by atoms with Crippen molar-refractivity contribution in [3.05, 3.63) is 46.6 Å². The van der Waals surface area contributed by atoms with Crippen LogP contribution >= 0.6 is 11.6 Å². The molecular weight excluding hydrogens is 304 g/mol. The molecule has 7 heteroatoms. The number of ketones is 1. The lowest BCUT2D eigenvalue weighted by Crippen LogP contribution is -2.16. The number of nitrogens with one attached hydrogen (secondary N) is 1. The van der Waals surface area contributed by atoms with E-state index in [4.69, 9.17) is 16.9 Å². The van der Waals surface area contributed by atoms with Crippen molar-refractivity contribution in [3.8, 4) is 6.07 Å². The highest BCUT2D eigenvalue weighted by Crippen LogP contribution is 2.14. The van der Waals surface area contributed by atoms with E-state index in [0.29, 0.717) is 16.4 Å². The molecule has 0 saturated heterocycles. The zero-order valence-corrected chi connectivity index (χ0v) is 12.6. The van der Waals surface area contributed by atoms with Crippen LogP contribution in [0.2, 0.25) is 5.02 Å². The molecule has 1 aromatic heterocycles. The van der Waals surface area contributed by atoms with E-state index in [2.05, 4.69) is 10.4 Å². The third-order valence-corrected chi connectivity index (χ3v) is 3.31. The topological polar surface area (TPSA) is 87.8 Å². The van der Waals surface area contributed by atoms with Crippen molar-refractivity contribution in [3.63, 3.8) is 0 Å². The maximum Gasteiger partial charge on any atom is 0.226 e. The average molecular weight is 317 g/mol. The number of halogens is 1. The Hall–Kier alpha value is -2.65. The molecule has 0 radical (unpaired) electrons. The van der Waals surface area contributed by atoms with Gasteiger partial charge in [-0.3, -0.25) is 14.3 Å². The number of aryl methyl sites for hydroxylation is 1. The second-order valence-corrected chi connectivity index (χ2v) is 5.06. The Morgan fingerprint density at radius 1 is 1.32 bits per heavy atom. The number of benzene rings is 1. The number of hydrogen-bond acceptors (Lipinski definition) is 4. The molecule has 1 N–H and O–H groups in total. The number of nitriles is 1. The molecule has 1 aromatic carbocycles. The summed E-state index contributed by atoms with van der Waals surface area (Å²) in [4.78, 5) is 23.8. The summed E-state index contributed by atoms with van der Waals surface area (Å²) in [6.07, 6.45) is 1.47. The Labute approximate surface area is 132 Å². The first-order valence-electron chi connectivity index (χ1n) is 6.52. The van der Waals surface area contributed by atoms with Crippen molar-refractivity contribution in [2.24, 2.45) is 7.05 Å². The molecule has 0 spiro atoms. The minimum atomic E-state index is -0.345. The van der Waals surface area contributed by atoms with E-state index in [-0.39, 0.29) is 30.1 Å². The minimum absolute atomic E-state index is 0.0253. The van der Waals surface area contributed by atoms with Gasteiger partial charge in [-0.25, -0.2) is 0 Å². The standard InChI is InChI=1S/C15H13ClN4O2/c1-20-15(11(8-17)9-18-20)19-14(22)7-6-13(21)10-2-4-12(16)5-3-10/h2-5,9H,6-7H2,1H3,(H,19,22). The van der Waals surface area contributed by atoms with Gasteiger partial charge in [-0.05, 0) is 24.3 Å². The Morgan fingerprint density at radius 2 is 2.00 bits per heavy atom. The maximum atomic E-state index is 12.0. The number of Topliss-reactive ketones (excluding diaryl/α,β-unsaturated/α-hetero) is 1. The predicted octanol–water partition coefficient (Wildman–Crippen LogP) is 2.55. The normalized spacial score (nSPS) is 10.0. The summed E-state index contributed by atoms with van der Waals surface area (Å²) >= 11 is 5.76. The van der Waals surface area contributed by atoms with Crippen LogP contribution in [-0.4, -0.2) is 21.5 Å². The van der Waals surface area contributed by atoms with Gasteiger partial charge >= 0.3 is 0 Å². The summed E-state index contributed by atoms with van der Waals surface area (Å²) in [5.74, 6) is -0.161. The molecule has 0 atom stereocenters. The highest BCUT2D eigenvalue weighted by molar-refractivity contribution is 6.30. The van der Waals surface area contributed by atoms with Gasteiger partial charge < -0.3 is 5.32 Å². The summed E-state index contributed by atoms with van der Waals surface area (Å²) < 4.78 is 1.40. The molecule has 0 unspecified atom stereocenters. The van der Waals surface area contributed by atoms with E-state index in [1.807, 2.05) is 6.07 Å². The van der Waals surface area contributed by atoms with Gasteiger partial charge in [0, 0.05) is 30.5 Å². The van der Waals surface area contributed by atoms with Crippen LogP contribution < -0.4 is 5.32 Å². The average Bonchev–Trinajstić information content (AvgIpc) is 2.86. The Morgan fingerprint density at radius 3 is 2.64 bits per heavy atom. The van der Waals surface area contributed by atoms with Gasteiger partial charge in [0.05, 0.1) is 6.20 Å². The molecule has 2 rings (SSSR count). The van der Waals surface area contributed by atoms with Crippen LogP contribution in [0.15, 0.2) is 30.5 Å². The van der Waals surface area contributed by atoms with Gasteiger partial charge in [-0.2, -0.15) is 10.4 Å². The fraction of sp³-hybridized carbons (Fsp3) is 0.200. The van der Waals surface area contributed by atoms with Gasteiger partial charge in [0.2, 0.25) is 5.91 Å². The van der Waals surface area contributed by atoms with Gasteiger partial charge in [0.15, 0.2) is 5.78 Å². The van der Waals surface area contributed by atoms with Crippen LogP contribution in [0.4, 0.5) is 5.82 Å². The van der Waals surface area contributed by atoms with E-state index < -0.39 is 0 Å². The summed E-state index contributed by atoms with van der Waals surface area (Å²) in [7, 11) is 1.62. The van der Waals surface area contributed by atoms with Gasteiger partial charge in [0.1, 0.15) is 17.5 Å². The zero-order chi connectivity index (χ0) is 16.1. The minimum Gasteiger partial charge on any atom is -0.310 e. The molecule has 0 aliphatic rings. The highest BCUT2D eigenvalue weighted by atomic mass is 35.5. The van der Waals surface area contributed by atoms with Crippen molar-refractivity contribution in [1.82, 2.24) is 9.78 Å². The number of rotatable bonds is 5. The van der Waals surface area contributed by atoms with Crippen molar-refractivity contribution in [2.45, 2.75) is 12.8 Å². The SMILES string of the molecule is Cn1ncc(C#N)c1NC(=O)CCC(=O)c1ccc(Cl)cc1. The molecular formula is C15H13ClN4O2. The van der Waals surface area contributed by atoms with Gasteiger partial charge in [0.25, 0.3) is 0 Å². The van der Waals surface area contributed by atoms with Crippen molar-refractivity contribution in [2.75, 3.05) is 5.32 Å². The molecule has 0 fully saturated rings. The molecule has 112 valence electrons. The van der Waals surface area contributed by atoms with Crippen molar-refractivity contribution >= 4 is 29.1 Å².